The number of nitrogens with one attached hydrogen (secondary N) is 1. The molecule has 0 aromatic heterocycles. The van der Waals surface area contributed by atoms with E-state index in [9.17, 15) is 9.59 Å². The van der Waals surface area contributed by atoms with E-state index in [0.29, 0.717) is 19.5 Å². The minimum Gasteiger partial charge on any atom is -0.497 e. The van der Waals surface area contributed by atoms with Crippen molar-refractivity contribution < 1.29 is 14.3 Å². The van der Waals surface area contributed by atoms with Gasteiger partial charge in [0.1, 0.15) is 11.8 Å². The quantitative estimate of drug-likeness (QED) is 0.687. The number of hydrogen-bond acceptors (Lipinski definition) is 3. The monoisotopic (exact) mass is 400 g/mol. The minimum atomic E-state index is -0.652. The fourth-order valence-corrected chi connectivity index (χ4v) is 3.81. The molecule has 0 radical (unpaired) electrons. The Morgan fingerprint density at radius 3 is 2.40 bits per heavy atom. The third-order valence-electron chi connectivity index (χ3n) is 5.39. The average molecular weight is 400 g/mol. The molecule has 1 atom stereocenters. The summed E-state index contributed by atoms with van der Waals surface area (Å²) in [5.74, 6) is 0.551. The van der Waals surface area contributed by atoms with Crippen molar-refractivity contribution in [1.29, 1.82) is 0 Å². The van der Waals surface area contributed by atoms with Gasteiger partial charge < -0.3 is 15.0 Å². The number of ether oxygens (including phenoxy) is 1. The Hall–Kier alpha value is -3.60. The number of methoxy groups -OCH3 is 1. The summed E-state index contributed by atoms with van der Waals surface area (Å²) < 4.78 is 5.18. The standard InChI is InChI=1S/C25H24N2O3/c1-30-21-13-11-18(12-14-21)16-26-25(29)24-22-10-6-5-9-20(22)15-23(28)27(24)17-19-7-3-2-4-8-19/h2-14,24H,15-17H2,1H3,(H,26,29). The van der Waals surface area contributed by atoms with Crippen LogP contribution in [0.25, 0.3) is 0 Å². The Morgan fingerprint density at radius 1 is 0.967 bits per heavy atom. The second-order valence-corrected chi connectivity index (χ2v) is 7.35. The van der Waals surface area contributed by atoms with Crippen LogP contribution in [0.2, 0.25) is 0 Å². The van der Waals surface area contributed by atoms with E-state index >= 15 is 0 Å². The maximum absolute atomic E-state index is 13.3. The number of rotatable bonds is 6. The Bertz CT molecular complexity index is 1030. The third kappa shape index (κ3) is 4.20. The molecule has 4 rings (SSSR count). The molecular formula is C25H24N2O3. The van der Waals surface area contributed by atoms with Crippen LogP contribution >= 0.6 is 0 Å². The Kier molecular flexibility index (Phi) is 5.80. The first kappa shape index (κ1) is 19.7. The van der Waals surface area contributed by atoms with E-state index in [0.717, 1.165) is 28.0 Å². The van der Waals surface area contributed by atoms with Crippen molar-refractivity contribution in [3.63, 3.8) is 0 Å². The topological polar surface area (TPSA) is 58.6 Å². The number of nitrogens with zero attached hydrogens (tertiary/aromatic N) is 1. The van der Waals surface area contributed by atoms with Gasteiger partial charge in [0.2, 0.25) is 11.8 Å². The summed E-state index contributed by atoms with van der Waals surface area (Å²) in [6.45, 7) is 0.781. The van der Waals surface area contributed by atoms with Crippen LogP contribution in [0.5, 0.6) is 5.75 Å². The summed E-state index contributed by atoms with van der Waals surface area (Å²) >= 11 is 0. The van der Waals surface area contributed by atoms with Gasteiger partial charge in [0.25, 0.3) is 0 Å². The molecule has 5 nitrogen and oxygen atoms in total. The Morgan fingerprint density at radius 2 is 1.67 bits per heavy atom. The lowest BCUT2D eigenvalue weighted by molar-refractivity contribution is -0.142. The summed E-state index contributed by atoms with van der Waals surface area (Å²) in [5.41, 5.74) is 3.77. The number of fused-ring (bicyclic) bond motifs is 1. The molecule has 0 bridgehead atoms. The van der Waals surface area contributed by atoms with Crippen molar-refractivity contribution in [2.45, 2.75) is 25.6 Å². The van der Waals surface area contributed by atoms with E-state index in [1.165, 1.54) is 0 Å². The molecule has 30 heavy (non-hydrogen) atoms. The van der Waals surface area contributed by atoms with Crippen LogP contribution in [0.15, 0.2) is 78.9 Å². The Labute approximate surface area is 176 Å². The highest BCUT2D eigenvalue weighted by Crippen LogP contribution is 2.32. The van der Waals surface area contributed by atoms with Crippen LogP contribution in [-0.2, 0) is 29.1 Å². The number of carbonyl (C=O) groups is 2. The lowest BCUT2D eigenvalue weighted by atomic mass is 9.91. The van der Waals surface area contributed by atoms with E-state index in [2.05, 4.69) is 5.32 Å². The summed E-state index contributed by atoms with van der Waals surface area (Å²) in [5, 5.41) is 3.01. The third-order valence-corrected chi connectivity index (χ3v) is 5.39. The molecule has 0 fully saturated rings. The number of carbonyl (C=O) groups excluding carboxylic acids is 2. The fourth-order valence-electron chi connectivity index (χ4n) is 3.81. The van der Waals surface area contributed by atoms with Gasteiger partial charge in [-0.2, -0.15) is 0 Å². The van der Waals surface area contributed by atoms with Crippen LogP contribution in [0, 0.1) is 0 Å². The number of amides is 2. The maximum atomic E-state index is 13.3. The molecular weight excluding hydrogens is 376 g/mol. The van der Waals surface area contributed by atoms with Crippen molar-refractivity contribution in [1.82, 2.24) is 10.2 Å². The molecule has 0 aliphatic carbocycles. The van der Waals surface area contributed by atoms with Gasteiger partial charge in [-0.25, -0.2) is 0 Å². The lowest BCUT2D eigenvalue weighted by Gasteiger charge is -2.36. The van der Waals surface area contributed by atoms with E-state index in [1.807, 2.05) is 78.9 Å². The van der Waals surface area contributed by atoms with Gasteiger partial charge in [0, 0.05) is 13.1 Å². The van der Waals surface area contributed by atoms with E-state index < -0.39 is 6.04 Å². The van der Waals surface area contributed by atoms with Crippen LogP contribution in [-0.4, -0.2) is 23.8 Å². The summed E-state index contributed by atoms with van der Waals surface area (Å²) in [6.07, 6.45) is 0.311. The van der Waals surface area contributed by atoms with Crippen molar-refractivity contribution >= 4 is 11.8 Å². The van der Waals surface area contributed by atoms with E-state index in [-0.39, 0.29) is 11.8 Å². The molecule has 0 saturated carbocycles. The van der Waals surface area contributed by atoms with Crippen molar-refractivity contribution in [3.8, 4) is 5.75 Å². The SMILES string of the molecule is COc1ccc(CNC(=O)C2c3ccccc3CC(=O)N2Cc2ccccc2)cc1. The molecule has 1 aliphatic rings. The van der Waals surface area contributed by atoms with Gasteiger partial charge in [0.05, 0.1) is 13.5 Å². The second kappa shape index (κ2) is 8.82. The summed E-state index contributed by atoms with van der Waals surface area (Å²) in [6, 6.07) is 24.4. The highest BCUT2D eigenvalue weighted by Gasteiger charge is 2.36. The molecule has 3 aromatic carbocycles. The predicted molar refractivity (Wildman–Crippen MR) is 115 cm³/mol. The van der Waals surface area contributed by atoms with Crippen LogP contribution in [0.4, 0.5) is 0 Å². The predicted octanol–water partition coefficient (Wildman–Crippen LogP) is 3.64. The molecule has 1 unspecified atom stereocenters. The number of benzene rings is 3. The Balaban J connectivity index is 1.58. The molecule has 1 N–H and O–H groups in total. The average Bonchev–Trinajstić information content (AvgIpc) is 2.79. The van der Waals surface area contributed by atoms with Gasteiger partial charge in [-0.1, -0.05) is 66.7 Å². The maximum Gasteiger partial charge on any atom is 0.247 e. The molecule has 5 heteroatoms. The highest BCUT2D eigenvalue weighted by atomic mass is 16.5. The molecule has 1 aliphatic heterocycles. The summed E-state index contributed by atoms with van der Waals surface area (Å²) in [4.78, 5) is 27.9. The molecule has 0 spiro atoms. The van der Waals surface area contributed by atoms with Gasteiger partial charge in [-0.05, 0) is 34.4 Å². The fraction of sp³-hybridized carbons (Fsp3) is 0.200. The largest absolute Gasteiger partial charge is 0.497 e. The molecule has 1 heterocycles. The molecule has 152 valence electrons. The first-order chi connectivity index (χ1) is 14.7. The van der Waals surface area contributed by atoms with E-state index in [1.54, 1.807) is 12.0 Å². The normalized spacial score (nSPS) is 15.4. The first-order valence-corrected chi connectivity index (χ1v) is 9.97. The van der Waals surface area contributed by atoms with Gasteiger partial charge in [-0.15, -0.1) is 0 Å². The zero-order valence-electron chi connectivity index (χ0n) is 16.9. The molecule has 0 saturated heterocycles. The van der Waals surface area contributed by atoms with Crippen molar-refractivity contribution in [3.05, 3.63) is 101 Å². The molecule has 3 aromatic rings. The summed E-state index contributed by atoms with van der Waals surface area (Å²) in [7, 11) is 1.62. The second-order valence-electron chi connectivity index (χ2n) is 7.35. The van der Waals surface area contributed by atoms with Crippen LogP contribution < -0.4 is 10.1 Å². The highest BCUT2D eigenvalue weighted by molar-refractivity contribution is 5.92. The molecule has 2 amide bonds. The van der Waals surface area contributed by atoms with E-state index in [4.69, 9.17) is 4.74 Å². The minimum absolute atomic E-state index is 0.0397. The zero-order valence-corrected chi connectivity index (χ0v) is 16.9. The van der Waals surface area contributed by atoms with Gasteiger partial charge in [-0.3, -0.25) is 9.59 Å². The van der Waals surface area contributed by atoms with Crippen molar-refractivity contribution in [2.75, 3.05) is 7.11 Å². The lowest BCUT2D eigenvalue weighted by Crippen LogP contribution is -2.46. The van der Waals surface area contributed by atoms with Crippen LogP contribution in [0.1, 0.15) is 28.3 Å². The first-order valence-electron chi connectivity index (χ1n) is 9.97. The van der Waals surface area contributed by atoms with Crippen LogP contribution in [0.3, 0.4) is 0 Å². The van der Waals surface area contributed by atoms with Gasteiger partial charge in [0.15, 0.2) is 0 Å². The zero-order chi connectivity index (χ0) is 20.9. The smallest absolute Gasteiger partial charge is 0.247 e. The number of hydrogen-bond donors (Lipinski definition) is 1. The van der Waals surface area contributed by atoms with Gasteiger partial charge >= 0.3 is 0 Å². The van der Waals surface area contributed by atoms with Crippen molar-refractivity contribution in [2.24, 2.45) is 0 Å².